The smallest absolute Gasteiger partial charge is 0.249 e. The second-order valence-corrected chi connectivity index (χ2v) is 1.78. The fourth-order valence-corrected chi connectivity index (χ4v) is 0.649. The SMILES string of the molecule is BrCC1OC=CO1. The molecule has 1 heterocycles. The van der Waals surface area contributed by atoms with Crippen LogP contribution in [0, 0.1) is 0 Å². The van der Waals surface area contributed by atoms with Crippen molar-refractivity contribution in [2.24, 2.45) is 0 Å². The van der Waals surface area contributed by atoms with E-state index in [1.54, 1.807) is 0 Å². The zero-order valence-electron chi connectivity index (χ0n) is 3.63. The molecule has 0 saturated heterocycles. The van der Waals surface area contributed by atoms with Gasteiger partial charge >= 0.3 is 0 Å². The third-order valence-corrected chi connectivity index (χ3v) is 1.17. The third kappa shape index (κ3) is 1.09. The minimum absolute atomic E-state index is 0.0972. The molecule has 1 rings (SSSR count). The summed E-state index contributed by atoms with van der Waals surface area (Å²) >= 11 is 3.19. The molecule has 3 heteroatoms. The van der Waals surface area contributed by atoms with Gasteiger partial charge in [0.2, 0.25) is 6.29 Å². The fourth-order valence-electron chi connectivity index (χ4n) is 0.344. The van der Waals surface area contributed by atoms with Gasteiger partial charge in [-0.25, -0.2) is 0 Å². The molecule has 0 aromatic rings. The van der Waals surface area contributed by atoms with Crippen molar-refractivity contribution in [1.29, 1.82) is 0 Å². The van der Waals surface area contributed by atoms with Crippen molar-refractivity contribution in [1.82, 2.24) is 0 Å². The summed E-state index contributed by atoms with van der Waals surface area (Å²) in [6, 6.07) is 0. The average molecular weight is 165 g/mol. The predicted octanol–water partition coefficient (Wildman–Crippen LogP) is 1.23. The normalized spacial score (nSPS) is 19.0. The first-order valence-corrected chi connectivity index (χ1v) is 3.07. The summed E-state index contributed by atoms with van der Waals surface area (Å²) in [4.78, 5) is 0. The van der Waals surface area contributed by atoms with Gasteiger partial charge in [0.15, 0.2) is 0 Å². The lowest BCUT2D eigenvalue weighted by Crippen LogP contribution is -2.07. The quantitative estimate of drug-likeness (QED) is 0.544. The first-order valence-electron chi connectivity index (χ1n) is 1.95. The Morgan fingerprint density at radius 2 is 2.00 bits per heavy atom. The van der Waals surface area contributed by atoms with Gasteiger partial charge in [-0.1, -0.05) is 15.9 Å². The van der Waals surface area contributed by atoms with Crippen molar-refractivity contribution in [3.8, 4) is 0 Å². The van der Waals surface area contributed by atoms with E-state index >= 15 is 0 Å². The van der Waals surface area contributed by atoms with E-state index in [1.165, 1.54) is 12.5 Å². The molecule has 1 aliphatic heterocycles. The Morgan fingerprint density at radius 3 is 2.29 bits per heavy atom. The average Bonchev–Trinajstić information content (AvgIpc) is 2.14. The largest absolute Gasteiger partial charge is 0.458 e. The molecule has 0 aromatic heterocycles. The van der Waals surface area contributed by atoms with Gasteiger partial charge in [-0.2, -0.15) is 0 Å². The standard InChI is InChI=1S/C4H5BrO2/c5-3-4-6-1-2-7-4/h1-2,4H,3H2. The van der Waals surface area contributed by atoms with Crippen LogP contribution in [0.3, 0.4) is 0 Å². The maximum absolute atomic E-state index is 4.85. The van der Waals surface area contributed by atoms with Crippen LogP contribution >= 0.6 is 15.9 Å². The maximum atomic E-state index is 4.85. The summed E-state index contributed by atoms with van der Waals surface area (Å²) in [7, 11) is 0. The molecule has 0 radical (unpaired) electrons. The van der Waals surface area contributed by atoms with Crippen molar-refractivity contribution in [3.63, 3.8) is 0 Å². The summed E-state index contributed by atoms with van der Waals surface area (Å²) in [5.41, 5.74) is 0. The van der Waals surface area contributed by atoms with Crippen LogP contribution in [0.5, 0.6) is 0 Å². The summed E-state index contributed by atoms with van der Waals surface area (Å²) in [5.74, 6) is 0. The number of halogens is 1. The molecule has 0 atom stereocenters. The minimum atomic E-state index is -0.0972. The molecule has 0 fully saturated rings. The molecular weight excluding hydrogens is 160 g/mol. The maximum Gasteiger partial charge on any atom is 0.249 e. The molecule has 0 amide bonds. The predicted molar refractivity (Wildman–Crippen MR) is 28.9 cm³/mol. The summed E-state index contributed by atoms with van der Waals surface area (Å²) < 4.78 is 9.70. The monoisotopic (exact) mass is 164 g/mol. The van der Waals surface area contributed by atoms with Crippen LogP contribution in [0.2, 0.25) is 0 Å². The molecule has 1 aliphatic rings. The Bertz CT molecular complexity index is 73.8. The Balaban J connectivity index is 2.22. The van der Waals surface area contributed by atoms with Crippen LogP contribution < -0.4 is 0 Å². The highest BCUT2D eigenvalue weighted by Gasteiger charge is 2.07. The number of hydrogen-bond donors (Lipinski definition) is 0. The van der Waals surface area contributed by atoms with Gasteiger partial charge in [-0.15, -0.1) is 0 Å². The van der Waals surface area contributed by atoms with E-state index in [4.69, 9.17) is 9.47 Å². The molecule has 0 aromatic carbocycles. The van der Waals surface area contributed by atoms with Crippen LogP contribution in [-0.2, 0) is 9.47 Å². The molecule has 7 heavy (non-hydrogen) atoms. The number of hydrogen-bond acceptors (Lipinski definition) is 2. The van der Waals surface area contributed by atoms with E-state index in [9.17, 15) is 0 Å². The summed E-state index contributed by atoms with van der Waals surface area (Å²) in [5, 5.41) is 0.722. The Hall–Kier alpha value is -0.180. The first kappa shape index (κ1) is 4.97. The molecular formula is C4H5BrO2. The van der Waals surface area contributed by atoms with E-state index < -0.39 is 0 Å². The zero-order valence-corrected chi connectivity index (χ0v) is 5.22. The van der Waals surface area contributed by atoms with Gasteiger partial charge in [0.25, 0.3) is 0 Å². The Kier molecular flexibility index (Phi) is 1.57. The highest BCUT2D eigenvalue weighted by atomic mass is 79.9. The van der Waals surface area contributed by atoms with Crippen molar-refractivity contribution < 1.29 is 9.47 Å². The van der Waals surface area contributed by atoms with Crippen LogP contribution in [-0.4, -0.2) is 11.6 Å². The lowest BCUT2D eigenvalue weighted by molar-refractivity contribution is -0.000530. The highest BCUT2D eigenvalue weighted by Crippen LogP contribution is 2.06. The molecule has 2 nitrogen and oxygen atoms in total. The summed E-state index contributed by atoms with van der Waals surface area (Å²) in [6.07, 6.45) is 2.97. The summed E-state index contributed by atoms with van der Waals surface area (Å²) in [6.45, 7) is 0. The van der Waals surface area contributed by atoms with Crippen molar-refractivity contribution in [2.75, 3.05) is 5.33 Å². The molecule has 0 N–H and O–H groups in total. The molecule has 0 saturated carbocycles. The van der Waals surface area contributed by atoms with Gasteiger partial charge in [0.05, 0.1) is 5.33 Å². The van der Waals surface area contributed by atoms with E-state index in [0.29, 0.717) is 0 Å². The fraction of sp³-hybridized carbons (Fsp3) is 0.500. The third-order valence-electron chi connectivity index (χ3n) is 0.642. The van der Waals surface area contributed by atoms with Gasteiger partial charge in [0.1, 0.15) is 12.5 Å². The second kappa shape index (κ2) is 2.21. The lowest BCUT2D eigenvalue weighted by atomic mass is 10.8. The zero-order chi connectivity index (χ0) is 5.11. The minimum Gasteiger partial charge on any atom is -0.458 e. The molecule has 0 unspecified atom stereocenters. The first-order chi connectivity index (χ1) is 3.43. The molecule has 0 spiro atoms. The van der Waals surface area contributed by atoms with Crippen molar-refractivity contribution in [2.45, 2.75) is 6.29 Å². The van der Waals surface area contributed by atoms with E-state index in [2.05, 4.69) is 15.9 Å². The molecule has 40 valence electrons. The van der Waals surface area contributed by atoms with Crippen LogP contribution in [0.1, 0.15) is 0 Å². The Labute approximate surface area is 50.2 Å². The van der Waals surface area contributed by atoms with Crippen molar-refractivity contribution in [3.05, 3.63) is 12.5 Å². The number of alkyl halides is 1. The highest BCUT2D eigenvalue weighted by molar-refractivity contribution is 9.09. The van der Waals surface area contributed by atoms with E-state index in [0.717, 1.165) is 5.33 Å². The molecule has 0 bridgehead atoms. The van der Waals surface area contributed by atoms with Gasteiger partial charge in [-0.3, -0.25) is 0 Å². The number of ether oxygens (including phenoxy) is 2. The van der Waals surface area contributed by atoms with Gasteiger partial charge in [-0.05, 0) is 0 Å². The number of rotatable bonds is 1. The van der Waals surface area contributed by atoms with Crippen LogP contribution in [0.15, 0.2) is 12.5 Å². The topological polar surface area (TPSA) is 18.5 Å². The van der Waals surface area contributed by atoms with Gasteiger partial charge < -0.3 is 9.47 Å². The van der Waals surface area contributed by atoms with Crippen molar-refractivity contribution >= 4 is 15.9 Å². The Morgan fingerprint density at radius 1 is 1.43 bits per heavy atom. The second-order valence-electron chi connectivity index (χ2n) is 1.13. The van der Waals surface area contributed by atoms with Crippen LogP contribution in [0.25, 0.3) is 0 Å². The van der Waals surface area contributed by atoms with E-state index in [1.807, 2.05) is 0 Å². The van der Waals surface area contributed by atoms with Crippen LogP contribution in [0.4, 0.5) is 0 Å². The molecule has 0 aliphatic carbocycles. The lowest BCUT2D eigenvalue weighted by Gasteiger charge is -2.02. The van der Waals surface area contributed by atoms with Gasteiger partial charge in [0, 0.05) is 0 Å². The van der Waals surface area contributed by atoms with E-state index in [-0.39, 0.29) is 6.29 Å².